The van der Waals surface area contributed by atoms with Crippen LogP contribution in [0.3, 0.4) is 0 Å². The van der Waals surface area contributed by atoms with Crippen molar-refractivity contribution in [2.75, 3.05) is 45.7 Å². The normalized spacial score (nSPS) is 17.2. The van der Waals surface area contributed by atoms with E-state index >= 15 is 0 Å². The lowest BCUT2D eigenvalue weighted by atomic mass is 10.1. The molecule has 0 amide bonds. The van der Waals surface area contributed by atoms with Crippen LogP contribution in [0.1, 0.15) is 0 Å². The largest absolute Gasteiger partial charge is 0.497 e. The molecular weight excluding hydrogens is 430 g/mol. The number of imidazole rings is 1. The average molecular weight is 454 g/mol. The molecule has 1 fully saturated rings. The first-order valence-electron chi connectivity index (χ1n) is 10.2. The van der Waals surface area contributed by atoms with E-state index in [1.54, 1.807) is 19.6 Å². The number of methoxy groups -OCH3 is 1. The lowest BCUT2D eigenvalue weighted by Gasteiger charge is -2.14. The molecule has 1 atom stereocenters. The van der Waals surface area contributed by atoms with Gasteiger partial charge in [-0.15, -0.1) is 0 Å². The highest BCUT2D eigenvalue weighted by atomic mass is 32.2. The van der Waals surface area contributed by atoms with E-state index in [2.05, 4.69) is 15.3 Å². The Labute approximate surface area is 187 Å². The second-order valence-electron chi connectivity index (χ2n) is 7.30. The highest BCUT2D eigenvalue weighted by Gasteiger charge is 2.25. The second-order valence-corrected chi connectivity index (χ2v) is 8.90. The molecule has 1 aromatic carbocycles. The number of rotatable bonds is 7. The summed E-state index contributed by atoms with van der Waals surface area (Å²) in [5.74, 6) is 1.72. The Morgan fingerprint density at radius 3 is 2.97 bits per heavy atom. The fourth-order valence-corrected chi connectivity index (χ4v) is 4.78. The van der Waals surface area contributed by atoms with Gasteiger partial charge in [0, 0.05) is 51.2 Å². The molecule has 0 spiro atoms. The number of aromatic nitrogens is 4. The molecule has 32 heavy (non-hydrogen) atoms. The molecule has 4 heterocycles. The number of likely N-dealkylation sites (N-methyl/N-ethyl adjacent to an activating group) is 1. The minimum absolute atomic E-state index is 0.478. The van der Waals surface area contributed by atoms with Crippen LogP contribution in [0, 0.1) is 0 Å². The molecule has 0 bridgehead atoms. The van der Waals surface area contributed by atoms with Gasteiger partial charge in [0.15, 0.2) is 11.2 Å². The number of fused-ring (bicyclic) bond motifs is 1. The van der Waals surface area contributed by atoms with Gasteiger partial charge in [-0.2, -0.15) is 4.98 Å². The first-order valence-corrected chi connectivity index (χ1v) is 11.3. The maximum atomic E-state index is 12.2. The van der Waals surface area contributed by atoms with Gasteiger partial charge in [-0.1, -0.05) is 12.1 Å². The van der Waals surface area contributed by atoms with Gasteiger partial charge in [-0.3, -0.25) is 4.40 Å². The van der Waals surface area contributed by atoms with Crippen LogP contribution in [-0.2, 0) is 11.2 Å². The van der Waals surface area contributed by atoms with Crippen LogP contribution in [0.5, 0.6) is 5.75 Å². The van der Waals surface area contributed by atoms with Crippen molar-refractivity contribution in [2.24, 2.45) is 0 Å². The molecule has 1 N–H and O–H groups in total. The molecule has 166 valence electrons. The number of nitrogens with one attached hydrogen (secondary N) is 1. The van der Waals surface area contributed by atoms with Crippen molar-refractivity contribution in [3.63, 3.8) is 0 Å². The average Bonchev–Trinajstić information content (AvgIpc) is 3.50. The van der Waals surface area contributed by atoms with Crippen molar-refractivity contribution < 1.29 is 13.4 Å². The van der Waals surface area contributed by atoms with Gasteiger partial charge in [0.25, 0.3) is 0 Å². The summed E-state index contributed by atoms with van der Waals surface area (Å²) in [4.78, 5) is 13.7. The Balaban J connectivity index is 1.43. The van der Waals surface area contributed by atoms with Gasteiger partial charge < -0.3 is 14.5 Å². The monoisotopic (exact) mass is 453 g/mol. The van der Waals surface area contributed by atoms with Crippen LogP contribution in [-0.4, -0.2) is 72.5 Å². The zero-order valence-corrected chi connectivity index (χ0v) is 18.6. The molecule has 0 saturated carbocycles. The Kier molecular flexibility index (Phi) is 5.60. The van der Waals surface area contributed by atoms with E-state index in [-0.39, 0.29) is 0 Å². The lowest BCUT2D eigenvalue weighted by molar-refractivity contribution is 0.415. The number of oxazole rings is 1. The van der Waals surface area contributed by atoms with Crippen molar-refractivity contribution in [2.45, 2.75) is 0 Å². The predicted octanol–water partition coefficient (Wildman–Crippen LogP) is 2.30. The molecule has 4 aromatic rings. The Bertz CT molecular complexity index is 1270. The molecule has 0 radical (unpaired) electrons. The minimum Gasteiger partial charge on any atom is -0.497 e. The number of anilines is 1. The summed E-state index contributed by atoms with van der Waals surface area (Å²) in [5.41, 5.74) is 3.14. The first kappa shape index (κ1) is 20.6. The standard InChI is InChI=1S/C21H23N7O3S/c1-26-10-11-27(32(26)29)9-8-23-20-22-7-6-17(24-20)19-18(25-21-28(19)12-13-31-21)15-4-3-5-16(14-15)30-2/h3-7,12-14H,8-11H2,1-2H3,(H,22,23,24). The van der Waals surface area contributed by atoms with E-state index in [0.717, 1.165) is 35.8 Å². The van der Waals surface area contributed by atoms with Gasteiger partial charge in [0.05, 0.1) is 12.8 Å². The molecule has 5 rings (SSSR count). The van der Waals surface area contributed by atoms with Crippen molar-refractivity contribution >= 4 is 23.0 Å². The predicted molar refractivity (Wildman–Crippen MR) is 121 cm³/mol. The number of nitrogens with zero attached hydrogens (tertiary/aromatic N) is 6. The van der Waals surface area contributed by atoms with Crippen molar-refractivity contribution in [3.05, 3.63) is 49.0 Å². The third-order valence-corrected chi connectivity index (χ3v) is 6.82. The molecule has 3 aromatic heterocycles. The summed E-state index contributed by atoms with van der Waals surface area (Å²) in [6.45, 7) is 2.80. The molecule has 1 aliphatic heterocycles. The smallest absolute Gasteiger partial charge is 0.306 e. The van der Waals surface area contributed by atoms with Crippen molar-refractivity contribution in [1.82, 2.24) is 28.0 Å². The molecule has 1 saturated heterocycles. The zero-order valence-electron chi connectivity index (χ0n) is 17.8. The van der Waals surface area contributed by atoms with Crippen LogP contribution in [0.2, 0.25) is 0 Å². The van der Waals surface area contributed by atoms with Gasteiger partial charge in [-0.25, -0.2) is 22.8 Å². The summed E-state index contributed by atoms with van der Waals surface area (Å²) >= 11 is -1.08. The van der Waals surface area contributed by atoms with Crippen LogP contribution >= 0.6 is 0 Å². The Morgan fingerprint density at radius 1 is 1.25 bits per heavy atom. The second kappa shape index (κ2) is 8.69. The Morgan fingerprint density at radius 2 is 2.16 bits per heavy atom. The highest BCUT2D eigenvalue weighted by Crippen LogP contribution is 2.33. The van der Waals surface area contributed by atoms with E-state index in [1.807, 2.05) is 56.6 Å². The minimum atomic E-state index is -1.08. The molecule has 1 unspecified atom stereocenters. The lowest BCUT2D eigenvalue weighted by Crippen LogP contribution is -2.29. The third kappa shape index (κ3) is 3.85. The maximum absolute atomic E-state index is 12.2. The van der Waals surface area contributed by atoms with E-state index in [9.17, 15) is 4.21 Å². The maximum Gasteiger partial charge on any atom is 0.306 e. The summed E-state index contributed by atoms with van der Waals surface area (Å²) in [7, 11) is 3.50. The quantitative estimate of drug-likeness (QED) is 0.458. The number of ether oxygens (including phenoxy) is 1. The first-order chi connectivity index (χ1) is 15.6. The van der Waals surface area contributed by atoms with Crippen LogP contribution in [0.15, 0.2) is 53.4 Å². The third-order valence-electron chi connectivity index (χ3n) is 5.30. The molecule has 10 nitrogen and oxygen atoms in total. The van der Waals surface area contributed by atoms with Crippen molar-refractivity contribution in [1.29, 1.82) is 0 Å². The highest BCUT2D eigenvalue weighted by molar-refractivity contribution is 7.80. The fourth-order valence-electron chi connectivity index (χ4n) is 3.67. The van der Waals surface area contributed by atoms with Gasteiger partial charge >= 0.3 is 5.84 Å². The van der Waals surface area contributed by atoms with E-state index in [0.29, 0.717) is 30.6 Å². The van der Waals surface area contributed by atoms with E-state index in [4.69, 9.17) is 14.1 Å². The molecule has 0 aliphatic carbocycles. The molecule has 1 aliphatic rings. The van der Waals surface area contributed by atoms with Crippen LogP contribution in [0.4, 0.5) is 5.95 Å². The topological polar surface area (TPSA) is 101 Å². The number of hydrogen-bond donors (Lipinski definition) is 1. The SMILES string of the molecule is COc1cccc(-c2nc3occn3c2-c2ccnc(NCCN3CCN(C)S3=O)n2)c1. The number of hydrogen-bond acceptors (Lipinski definition) is 7. The van der Waals surface area contributed by atoms with Crippen LogP contribution < -0.4 is 10.1 Å². The fraction of sp³-hybridized carbons (Fsp3) is 0.286. The summed E-state index contributed by atoms with van der Waals surface area (Å²) < 4.78 is 28.7. The van der Waals surface area contributed by atoms with Gasteiger partial charge in [-0.05, 0) is 18.2 Å². The zero-order chi connectivity index (χ0) is 22.1. The summed E-state index contributed by atoms with van der Waals surface area (Å²) in [5, 5.41) is 3.24. The number of benzene rings is 1. The van der Waals surface area contributed by atoms with E-state index in [1.165, 1.54) is 0 Å². The Hall–Kier alpha value is -3.28. The molecule has 11 heteroatoms. The van der Waals surface area contributed by atoms with Gasteiger partial charge in [0.1, 0.15) is 23.4 Å². The molecular formula is C21H23N7O3S. The van der Waals surface area contributed by atoms with E-state index < -0.39 is 11.2 Å². The van der Waals surface area contributed by atoms with Crippen molar-refractivity contribution in [3.8, 4) is 28.4 Å². The van der Waals surface area contributed by atoms with Gasteiger partial charge in [0.2, 0.25) is 5.95 Å². The summed E-state index contributed by atoms with van der Waals surface area (Å²) in [6, 6.07) is 9.56. The summed E-state index contributed by atoms with van der Waals surface area (Å²) in [6.07, 6.45) is 5.12. The van der Waals surface area contributed by atoms with Crippen LogP contribution in [0.25, 0.3) is 28.5 Å².